The van der Waals surface area contributed by atoms with Crippen molar-refractivity contribution in [3.05, 3.63) is 65.4 Å². The van der Waals surface area contributed by atoms with E-state index in [1.54, 1.807) is 12.1 Å². The summed E-state index contributed by atoms with van der Waals surface area (Å²) in [4.78, 5) is 52.0. The van der Waals surface area contributed by atoms with E-state index in [4.69, 9.17) is 16.6 Å². The van der Waals surface area contributed by atoms with Gasteiger partial charge in [0.1, 0.15) is 0 Å². The summed E-state index contributed by atoms with van der Waals surface area (Å²) in [6, 6.07) is 6.31. The lowest BCUT2D eigenvalue weighted by Crippen LogP contribution is -2.25. The molecule has 1 aromatic heterocycles. The molecule has 0 fully saturated rings. The molecular formula is C22H21N3O5. The Morgan fingerprint density at radius 1 is 0.700 bits per heavy atom. The molecule has 0 aliphatic carbocycles. The second kappa shape index (κ2) is 7.38. The van der Waals surface area contributed by atoms with Gasteiger partial charge in [0.25, 0.3) is 11.1 Å². The van der Waals surface area contributed by atoms with Gasteiger partial charge in [-0.25, -0.2) is 0 Å². The molecule has 5 N–H and O–H groups in total. The second-order valence-electron chi connectivity index (χ2n) is 7.43. The molecule has 30 heavy (non-hydrogen) atoms. The number of aliphatic hydroxyl groups is 1. The van der Waals surface area contributed by atoms with Crippen molar-refractivity contribution in [1.29, 1.82) is 0 Å². The highest BCUT2D eigenvalue weighted by Crippen LogP contribution is 2.31. The van der Waals surface area contributed by atoms with Crippen LogP contribution >= 0.6 is 0 Å². The Morgan fingerprint density at radius 2 is 1.17 bits per heavy atom. The number of nitrogens with two attached hydrogens (primary N) is 2. The van der Waals surface area contributed by atoms with Crippen LogP contribution in [0.5, 0.6) is 0 Å². The van der Waals surface area contributed by atoms with E-state index >= 15 is 0 Å². The molecule has 0 atom stereocenters. The molecule has 0 aliphatic heterocycles. The zero-order chi connectivity index (χ0) is 21.6. The van der Waals surface area contributed by atoms with Crippen LogP contribution < -0.4 is 33.4 Å². The van der Waals surface area contributed by atoms with Crippen LogP contribution in [0.25, 0.3) is 32.3 Å². The maximum atomic E-state index is 13.1. The molecular weight excluding hydrogens is 386 g/mol. The van der Waals surface area contributed by atoms with Gasteiger partial charge in [-0.1, -0.05) is 37.1 Å². The first-order chi connectivity index (χ1) is 14.4. The second-order valence-corrected chi connectivity index (χ2v) is 7.43. The summed E-state index contributed by atoms with van der Waals surface area (Å²) in [5.74, 6) is 0. The predicted molar refractivity (Wildman–Crippen MR) is 119 cm³/mol. The fraction of sp³-hybridized carbons (Fsp3) is 0.273. The Hall–Kier alpha value is -3.52. The van der Waals surface area contributed by atoms with E-state index < -0.39 is 22.0 Å². The molecule has 8 heteroatoms. The third-order valence-corrected chi connectivity index (χ3v) is 5.66. The Kier molecular flexibility index (Phi) is 4.87. The monoisotopic (exact) mass is 407 g/mol. The summed E-state index contributed by atoms with van der Waals surface area (Å²) in [5, 5.41) is 8.81. The number of aliphatic hydroxyl groups excluding tert-OH is 1. The quantitative estimate of drug-likeness (QED) is 0.187. The highest BCUT2D eigenvalue weighted by Gasteiger charge is 2.25. The lowest BCUT2D eigenvalue weighted by Gasteiger charge is -2.07. The number of fused-ring (bicyclic) bond motifs is 3. The molecule has 1 heterocycles. The van der Waals surface area contributed by atoms with Gasteiger partial charge in [0.2, 0.25) is 0 Å². The number of benzene rings is 3. The molecule has 4 aromatic rings. The van der Waals surface area contributed by atoms with Crippen LogP contribution in [0.3, 0.4) is 0 Å². The van der Waals surface area contributed by atoms with Crippen molar-refractivity contribution in [2.45, 2.75) is 32.2 Å². The van der Waals surface area contributed by atoms with Crippen molar-refractivity contribution in [1.82, 2.24) is 4.57 Å². The van der Waals surface area contributed by atoms with E-state index in [1.165, 1.54) is 12.1 Å². The standard InChI is InChI=1S/C22H21N3O5/c23-17-13-14(20(28)12-8-4-3-7-11(12)19(13)27)18(24)16-15(17)21(29)25(22(16)30)9-5-1-2-6-10-26/h3-4,7-8,26H,1-2,5-6,9-10,23-24H2. The van der Waals surface area contributed by atoms with Gasteiger partial charge in [-0.15, -0.1) is 0 Å². The molecule has 0 saturated heterocycles. The molecule has 0 amide bonds. The highest BCUT2D eigenvalue weighted by atomic mass is 16.3. The molecule has 0 bridgehead atoms. The van der Waals surface area contributed by atoms with Crippen LogP contribution in [0.15, 0.2) is 43.4 Å². The van der Waals surface area contributed by atoms with Crippen molar-refractivity contribution in [2.24, 2.45) is 0 Å². The maximum absolute atomic E-state index is 13.1. The van der Waals surface area contributed by atoms with Crippen molar-refractivity contribution < 1.29 is 5.11 Å². The Balaban J connectivity index is 2.04. The van der Waals surface area contributed by atoms with Crippen molar-refractivity contribution in [3.8, 4) is 0 Å². The largest absolute Gasteiger partial charge is 0.397 e. The van der Waals surface area contributed by atoms with Crippen molar-refractivity contribution in [2.75, 3.05) is 18.1 Å². The lowest BCUT2D eigenvalue weighted by atomic mass is 9.97. The lowest BCUT2D eigenvalue weighted by molar-refractivity contribution is 0.282. The molecule has 154 valence electrons. The van der Waals surface area contributed by atoms with Crippen LogP contribution in [0.4, 0.5) is 11.4 Å². The molecule has 0 unspecified atom stereocenters. The van der Waals surface area contributed by atoms with Gasteiger partial charge in [0, 0.05) is 23.9 Å². The summed E-state index contributed by atoms with van der Waals surface area (Å²) < 4.78 is 1.06. The average Bonchev–Trinajstić information content (AvgIpc) is 2.99. The summed E-state index contributed by atoms with van der Waals surface area (Å²) in [6.07, 6.45) is 2.73. The highest BCUT2D eigenvalue weighted by molar-refractivity contribution is 6.20. The molecule has 8 nitrogen and oxygen atoms in total. The molecule has 0 saturated carbocycles. The summed E-state index contributed by atoms with van der Waals surface area (Å²) >= 11 is 0. The molecule has 4 rings (SSSR count). The van der Waals surface area contributed by atoms with Gasteiger partial charge in [-0.05, 0) is 12.8 Å². The van der Waals surface area contributed by atoms with Crippen LogP contribution in [-0.2, 0) is 6.54 Å². The van der Waals surface area contributed by atoms with E-state index in [9.17, 15) is 19.2 Å². The molecule has 3 aromatic carbocycles. The Morgan fingerprint density at radius 3 is 1.63 bits per heavy atom. The Labute approximate surface area is 169 Å². The first-order valence-corrected chi connectivity index (χ1v) is 9.80. The average molecular weight is 407 g/mol. The van der Waals surface area contributed by atoms with E-state index in [0.717, 1.165) is 17.4 Å². The number of nitrogen functional groups attached to an aromatic ring is 2. The minimum absolute atomic E-state index is 0.0933. The molecule has 0 spiro atoms. The predicted octanol–water partition coefficient (Wildman–Crippen LogP) is 0.981. The van der Waals surface area contributed by atoms with Gasteiger partial charge in [-0.2, -0.15) is 0 Å². The molecule has 0 aliphatic rings. The zero-order valence-corrected chi connectivity index (χ0v) is 16.2. The minimum atomic E-state index is -0.608. The number of hydrogen-bond donors (Lipinski definition) is 3. The van der Waals surface area contributed by atoms with Crippen LogP contribution in [-0.4, -0.2) is 16.3 Å². The third-order valence-electron chi connectivity index (χ3n) is 5.66. The zero-order valence-electron chi connectivity index (χ0n) is 16.2. The number of nitrogens with zero attached hydrogens (tertiary/aromatic N) is 1. The smallest absolute Gasteiger partial charge is 0.263 e. The number of unbranched alkanes of at least 4 members (excludes halogenated alkanes) is 3. The fourth-order valence-corrected chi connectivity index (χ4v) is 4.15. The summed E-state index contributed by atoms with van der Waals surface area (Å²) in [5.41, 5.74) is 9.82. The van der Waals surface area contributed by atoms with Gasteiger partial charge in [-0.3, -0.25) is 23.7 Å². The minimum Gasteiger partial charge on any atom is -0.397 e. The van der Waals surface area contributed by atoms with Crippen LogP contribution in [0.2, 0.25) is 0 Å². The first-order valence-electron chi connectivity index (χ1n) is 9.80. The number of anilines is 2. The number of hydrogen-bond acceptors (Lipinski definition) is 7. The van der Waals surface area contributed by atoms with E-state index in [0.29, 0.717) is 12.8 Å². The van der Waals surface area contributed by atoms with Crippen molar-refractivity contribution in [3.63, 3.8) is 0 Å². The third kappa shape index (κ3) is 2.72. The van der Waals surface area contributed by atoms with Gasteiger partial charge in [0.15, 0.2) is 10.9 Å². The van der Waals surface area contributed by atoms with E-state index in [2.05, 4.69) is 0 Å². The van der Waals surface area contributed by atoms with E-state index in [-0.39, 0.29) is 56.8 Å². The summed E-state index contributed by atoms with van der Waals surface area (Å²) in [6.45, 7) is 0.263. The number of rotatable bonds is 6. The summed E-state index contributed by atoms with van der Waals surface area (Å²) in [7, 11) is 0. The van der Waals surface area contributed by atoms with Crippen molar-refractivity contribution >= 4 is 43.7 Å². The van der Waals surface area contributed by atoms with Gasteiger partial charge < -0.3 is 16.6 Å². The maximum Gasteiger partial charge on any atom is 0.263 e. The van der Waals surface area contributed by atoms with Gasteiger partial charge in [0.05, 0.1) is 32.9 Å². The SMILES string of the molecule is Nc1c2c(=O)c3ccccc3c(=O)c2c(N)c2c(=O)n(CCCCCCO)c(=O)c12. The normalized spacial score (nSPS) is 11.8. The topological polar surface area (TPSA) is 145 Å². The molecule has 0 radical (unpaired) electrons. The van der Waals surface area contributed by atoms with Crippen LogP contribution in [0, 0.1) is 0 Å². The fourth-order valence-electron chi connectivity index (χ4n) is 4.15. The first kappa shape index (κ1) is 19.8. The van der Waals surface area contributed by atoms with Gasteiger partial charge >= 0.3 is 0 Å². The Bertz CT molecular complexity index is 1400. The number of aromatic nitrogens is 1. The van der Waals surface area contributed by atoms with E-state index in [1.807, 2.05) is 0 Å². The van der Waals surface area contributed by atoms with Crippen LogP contribution in [0.1, 0.15) is 25.7 Å².